The molecule has 0 aliphatic heterocycles. The lowest BCUT2D eigenvalue weighted by Gasteiger charge is -2.08. The number of hydrogen-bond acceptors (Lipinski definition) is 4. The number of aromatic nitrogens is 1. The van der Waals surface area contributed by atoms with E-state index in [1.165, 1.54) is 16.7 Å². The summed E-state index contributed by atoms with van der Waals surface area (Å²) < 4.78 is 2.66. The predicted molar refractivity (Wildman–Crippen MR) is 82.7 cm³/mol. The maximum absolute atomic E-state index is 11.9. The fourth-order valence-corrected chi connectivity index (χ4v) is 3.01. The molecule has 1 aromatic heterocycles. The molecule has 2 rings (SSSR count). The molecule has 0 fully saturated rings. The van der Waals surface area contributed by atoms with Crippen LogP contribution >= 0.6 is 31.9 Å². The fraction of sp³-hybridized carbons (Fsp3) is 0.0833. The molecule has 0 spiro atoms. The smallest absolute Gasteiger partial charge is 0.292 e. The summed E-state index contributed by atoms with van der Waals surface area (Å²) in [6.07, 6.45) is 1.64. The Morgan fingerprint density at radius 3 is 2.60 bits per heavy atom. The SMILES string of the molecule is Nc1cc(Cn2cc(Br)cc(Br)c2=O)ccc1[N+](=O)[O-]. The lowest BCUT2D eigenvalue weighted by atomic mass is 10.1. The molecule has 0 bridgehead atoms. The van der Waals surface area contributed by atoms with Crippen molar-refractivity contribution in [3.63, 3.8) is 0 Å². The first-order chi connectivity index (χ1) is 9.38. The highest BCUT2D eigenvalue weighted by Crippen LogP contribution is 2.22. The van der Waals surface area contributed by atoms with Gasteiger partial charge in [-0.1, -0.05) is 6.07 Å². The van der Waals surface area contributed by atoms with Crippen molar-refractivity contribution in [3.8, 4) is 0 Å². The van der Waals surface area contributed by atoms with Gasteiger partial charge in [0.1, 0.15) is 5.69 Å². The molecule has 2 aromatic rings. The zero-order valence-electron chi connectivity index (χ0n) is 10.0. The molecule has 0 aliphatic carbocycles. The van der Waals surface area contributed by atoms with Gasteiger partial charge in [-0.25, -0.2) is 0 Å². The number of hydrogen-bond donors (Lipinski definition) is 1. The summed E-state index contributed by atoms with van der Waals surface area (Å²) in [6, 6.07) is 6.07. The molecule has 1 heterocycles. The number of nitrogen functional groups attached to an aromatic ring is 1. The van der Waals surface area contributed by atoms with Crippen molar-refractivity contribution >= 4 is 43.2 Å². The number of benzene rings is 1. The van der Waals surface area contributed by atoms with Crippen LogP contribution in [-0.4, -0.2) is 9.49 Å². The van der Waals surface area contributed by atoms with E-state index in [1.54, 1.807) is 18.3 Å². The summed E-state index contributed by atoms with van der Waals surface area (Å²) in [7, 11) is 0. The number of nitro groups is 1. The molecule has 6 nitrogen and oxygen atoms in total. The number of nitrogens with zero attached hydrogens (tertiary/aromatic N) is 2. The molecule has 0 amide bonds. The van der Waals surface area contributed by atoms with Gasteiger partial charge in [-0.3, -0.25) is 14.9 Å². The second kappa shape index (κ2) is 5.76. The van der Waals surface area contributed by atoms with Gasteiger partial charge in [0.25, 0.3) is 11.2 Å². The molecule has 0 aliphatic rings. The van der Waals surface area contributed by atoms with Crippen LogP contribution in [0.15, 0.2) is 44.2 Å². The van der Waals surface area contributed by atoms with Gasteiger partial charge >= 0.3 is 0 Å². The second-order valence-corrected chi connectivity index (χ2v) is 5.86. The van der Waals surface area contributed by atoms with Crippen molar-refractivity contribution in [1.82, 2.24) is 4.57 Å². The van der Waals surface area contributed by atoms with E-state index in [4.69, 9.17) is 5.73 Å². The molecule has 0 radical (unpaired) electrons. The molecular weight excluding hydrogens is 394 g/mol. The lowest BCUT2D eigenvalue weighted by molar-refractivity contribution is -0.383. The van der Waals surface area contributed by atoms with Crippen molar-refractivity contribution in [2.24, 2.45) is 0 Å². The van der Waals surface area contributed by atoms with E-state index in [9.17, 15) is 14.9 Å². The minimum Gasteiger partial charge on any atom is -0.393 e. The van der Waals surface area contributed by atoms with Crippen LogP contribution in [0.3, 0.4) is 0 Å². The number of nitrogens with two attached hydrogens (primary N) is 1. The van der Waals surface area contributed by atoms with Crippen molar-refractivity contribution in [1.29, 1.82) is 0 Å². The Hall–Kier alpha value is -1.67. The zero-order valence-corrected chi connectivity index (χ0v) is 13.2. The third-order valence-corrected chi connectivity index (χ3v) is 3.65. The van der Waals surface area contributed by atoms with Crippen LogP contribution in [0.1, 0.15) is 5.56 Å². The van der Waals surface area contributed by atoms with Gasteiger partial charge in [0, 0.05) is 16.7 Å². The molecule has 1 aromatic carbocycles. The number of anilines is 1. The number of rotatable bonds is 3. The Kier molecular flexibility index (Phi) is 4.24. The number of nitro benzene ring substituents is 1. The van der Waals surface area contributed by atoms with E-state index >= 15 is 0 Å². The minimum atomic E-state index is -0.541. The van der Waals surface area contributed by atoms with Crippen LogP contribution in [0.5, 0.6) is 0 Å². The predicted octanol–water partition coefficient (Wildman–Crippen LogP) is 2.91. The zero-order chi connectivity index (χ0) is 14.9. The average Bonchev–Trinajstić information content (AvgIpc) is 2.35. The summed E-state index contributed by atoms with van der Waals surface area (Å²) in [5.41, 5.74) is 6.08. The van der Waals surface area contributed by atoms with Crippen LogP contribution in [-0.2, 0) is 6.54 Å². The van der Waals surface area contributed by atoms with Crippen LogP contribution in [0, 0.1) is 10.1 Å². The first-order valence-electron chi connectivity index (χ1n) is 5.47. The summed E-state index contributed by atoms with van der Waals surface area (Å²) >= 11 is 6.48. The number of halogens is 2. The molecule has 0 atom stereocenters. The highest BCUT2D eigenvalue weighted by Gasteiger charge is 2.12. The summed E-state index contributed by atoms with van der Waals surface area (Å²) in [5, 5.41) is 10.7. The third kappa shape index (κ3) is 3.07. The minimum absolute atomic E-state index is 0.0783. The van der Waals surface area contributed by atoms with Gasteiger partial charge in [0.2, 0.25) is 0 Å². The highest BCUT2D eigenvalue weighted by atomic mass is 79.9. The normalized spacial score (nSPS) is 10.5. The van der Waals surface area contributed by atoms with Crippen LogP contribution in [0.25, 0.3) is 0 Å². The highest BCUT2D eigenvalue weighted by molar-refractivity contribution is 9.11. The van der Waals surface area contributed by atoms with Crippen molar-refractivity contribution in [2.75, 3.05) is 5.73 Å². The van der Waals surface area contributed by atoms with E-state index < -0.39 is 4.92 Å². The van der Waals surface area contributed by atoms with Gasteiger partial charge in [-0.05, 0) is 49.6 Å². The Bertz CT molecular complexity index is 743. The Labute approximate surface area is 130 Å². The summed E-state index contributed by atoms with van der Waals surface area (Å²) in [5.74, 6) is 0. The summed E-state index contributed by atoms with van der Waals surface area (Å²) in [6.45, 7) is 0.277. The van der Waals surface area contributed by atoms with Crippen molar-refractivity contribution in [2.45, 2.75) is 6.54 Å². The number of pyridine rings is 1. The Morgan fingerprint density at radius 2 is 2.00 bits per heavy atom. The quantitative estimate of drug-likeness (QED) is 0.485. The lowest BCUT2D eigenvalue weighted by Crippen LogP contribution is -2.20. The second-order valence-electron chi connectivity index (χ2n) is 4.09. The van der Waals surface area contributed by atoms with Crippen LogP contribution < -0.4 is 11.3 Å². The van der Waals surface area contributed by atoms with Crippen LogP contribution in [0.2, 0.25) is 0 Å². The average molecular weight is 403 g/mol. The largest absolute Gasteiger partial charge is 0.393 e. The van der Waals surface area contributed by atoms with Gasteiger partial charge in [0.05, 0.1) is 15.9 Å². The van der Waals surface area contributed by atoms with E-state index in [1.807, 2.05) is 0 Å². The van der Waals surface area contributed by atoms with Gasteiger partial charge in [0.15, 0.2) is 0 Å². The van der Waals surface area contributed by atoms with Crippen LogP contribution in [0.4, 0.5) is 11.4 Å². The summed E-state index contributed by atoms with van der Waals surface area (Å²) in [4.78, 5) is 22.1. The topological polar surface area (TPSA) is 91.2 Å². The van der Waals surface area contributed by atoms with Crippen molar-refractivity contribution in [3.05, 3.63) is 65.4 Å². The standard InChI is InChI=1S/C12H9Br2N3O3/c13-8-4-9(14)12(18)16(6-8)5-7-1-2-11(17(19)20)10(15)3-7/h1-4,6H,5,15H2. The Morgan fingerprint density at radius 1 is 1.30 bits per heavy atom. The molecule has 0 saturated carbocycles. The van der Waals surface area contributed by atoms with E-state index in [-0.39, 0.29) is 23.5 Å². The molecule has 2 N–H and O–H groups in total. The maximum atomic E-state index is 11.9. The molecule has 0 saturated heterocycles. The van der Waals surface area contributed by atoms with E-state index in [0.717, 1.165) is 4.47 Å². The van der Waals surface area contributed by atoms with Crippen molar-refractivity contribution < 1.29 is 4.92 Å². The van der Waals surface area contributed by atoms with E-state index in [0.29, 0.717) is 10.0 Å². The van der Waals surface area contributed by atoms with Gasteiger partial charge in [-0.2, -0.15) is 0 Å². The third-order valence-electron chi connectivity index (χ3n) is 2.65. The molecular formula is C12H9Br2N3O3. The first-order valence-corrected chi connectivity index (χ1v) is 7.05. The molecule has 8 heteroatoms. The molecule has 0 unspecified atom stereocenters. The van der Waals surface area contributed by atoms with E-state index in [2.05, 4.69) is 31.9 Å². The monoisotopic (exact) mass is 401 g/mol. The maximum Gasteiger partial charge on any atom is 0.292 e. The first kappa shape index (κ1) is 14.7. The fourth-order valence-electron chi connectivity index (χ4n) is 1.75. The molecule has 104 valence electrons. The van der Waals surface area contributed by atoms with Gasteiger partial charge < -0.3 is 10.3 Å². The van der Waals surface area contributed by atoms with Gasteiger partial charge in [-0.15, -0.1) is 0 Å². The molecule has 20 heavy (non-hydrogen) atoms. The Balaban J connectivity index is 2.38.